The van der Waals surface area contributed by atoms with Gasteiger partial charge in [0.1, 0.15) is 0 Å². The molecule has 1 saturated carbocycles. The summed E-state index contributed by atoms with van der Waals surface area (Å²) in [4.78, 5) is 0.475. The van der Waals surface area contributed by atoms with Crippen molar-refractivity contribution in [3.05, 3.63) is 65.7 Å². The third-order valence-corrected chi connectivity index (χ3v) is 7.92. The first-order chi connectivity index (χ1) is 12.4. The Morgan fingerprint density at radius 3 is 2.27 bits per heavy atom. The lowest BCUT2D eigenvalue weighted by Crippen LogP contribution is -2.33. The molecule has 26 heavy (non-hydrogen) atoms. The van der Waals surface area contributed by atoms with Crippen molar-refractivity contribution in [3.63, 3.8) is 0 Å². The molecule has 2 aromatic rings. The summed E-state index contributed by atoms with van der Waals surface area (Å²) in [5.41, 5.74) is 7.30. The second-order valence-electron chi connectivity index (χ2n) is 6.69. The monoisotopic (exact) mass is 389 g/mol. The summed E-state index contributed by atoms with van der Waals surface area (Å²) < 4.78 is 32.0. The molecule has 1 aliphatic carbocycles. The van der Waals surface area contributed by atoms with Gasteiger partial charge in [-0.2, -0.15) is 0 Å². The van der Waals surface area contributed by atoms with Gasteiger partial charge in [-0.15, -0.1) is 0 Å². The van der Waals surface area contributed by atoms with E-state index in [0.29, 0.717) is 0 Å². The van der Waals surface area contributed by atoms with Gasteiger partial charge in [0.15, 0.2) is 9.84 Å². The van der Waals surface area contributed by atoms with Crippen LogP contribution in [0, 0.1) is 5.41 Å². The molecule has 0 aliphatic heterocycles. The lowest BCUT2D eigenvalue weighted by atomic mass is 9.98. The van der Waals surface area contributed by atoms with Crippen LogP contribution in [0.15, 0.2) is 59.5 Å². The lowest BCUT2D eigenvalue weighted by Gasteiger charge is -2.16. The fourth-order valence-corrected chi connectivity index (χ4v) is 6.62. The average Bonchev–Trinajstić information content (AvgIpc) is 3.34. The zero-order valence-corrected chi connectivity index (χ0v) is 16.5. The quantitative estimate of drug-likeness (QED) is 0.737. The van der Waals surface area contributed by atoms with E-state index in [-0.39, 0.29) is 22.4 Å². The van der Waals surface area contributed by atoms with Crippen molar-refractivity contribution in [3.8, 4) is 0 Å². The van der Waals surface area contributed by atoms with Crippen molar-refractivity contribution in [1.29, 1.82) is 0 Å². The fourth-order valence-electron chi connectivity index (χ4n) is 3.83. The van der Waals surface area contributed by atoms with E-state index in [1.54, 1.807) is 37.4 Å². The molecule has 0 unspecified atom stereocenters. The van der Waals surface area contributed by atoms with Crippen LogP contribution in [-0.2, 0) is 21.0 Å². The van der Waals surface area contributed by atoms with Gasteiger partial charge in [0, 0.05) is 13.0 Å². The van der Waals surface area contributed by atoms with Crippen molar-refractivity contribution in [2.45, 2.75) is 29.4 Å². The van der Waals surface area contributed by atoms with Gasteiger partial charge >= 0.3 is 0 Å². The third-order valence-electron chi connectivity index (χ3n) is 5.25. The maximum absolute atomic E-state index is 13.3. The number of nitrogens with two attached hydrogens (primary N) is 1. The maximum Gasteiger partial charge on any atom is 0.182 e. The van der Waals surface area contributed by atoms with Crippen LogP contribution < -0.4 is 5.73 Å². The van der Waals surface area contributed by atoms with Gasteiger partial charge in [0.25, 0.3) is 0 Å². The number of aryl methyl sites for hydroxylation is 1. The summed E-state index contributed by atoms with van der Waals surface area (Å²) in [5, 5.41) is -0.720. The van der Waals surface area contributed by atoms with E-state index in [9.17, 15) is 8.42 Å². The Hall–Kier alpha value is -1.76. The summed E-state index contributed by atoms with van der Waals surface area (Å²) in [5.74, 6) is -0.309. The predicted octanol–water partition coefficient (Wildman–Crippen LogP) is 3.11. The minimum absolute atomic E-state index is 0.180. The number of hydrogen-bond acceptors (Lipinski definition) is 4. The Morgan fingerprint density at radius 1 is 1.15 bits per heavy atom. The molecule has 1 aliphatic rings. The third kappa shape index (κ3) is 2.96. The molecule has 3 atom stereocenters. The van der Waals surface area contributed by atoms with Crippen LogP contribution in [0.3, 0.4) is 0 Å². The van der Waals surface area contributed by atoms with Crippen LogP contribution in [0.2, 0.25) is 0 Å². The molecule has 6 heteroatoms. The summed E-state index contributed by atoms with van der Waals surface area (Å²) in [6.45, 7) is 2.26. The minimum atomic E-state index is -3.60. The van der Waals surface area contributed by atoms with Crippen molar-refractivity contribution >= 4 is 27.0 Å². The number of sulfone groups is 1. The molecule has 138 valence electrons. The topological polar surface area (TPSA) is 69.4 Å². The maximum atomic E-state index is 13.3. The highest BCUT2D eigenvalue weighted by Gasteiger charge is 2.73. The van der Waals surface area contributed by atoms with Crippen LogP contribution in [-0.4, -0.2) is 32.4 Å². The molecular weight excluding hydrogens is 366 g/mol. The van der Waals surface area contributed by atoms with Crippen molar-refractivity contribution in [1.82, 2.24) is 0 Å². The summed E-state index contributed by atoms with van der Waals surface area (Å²) >= 11 is 5.31. The van der Waals surface area contributed by atoms with Gasteiger partial charge in [-0.3, -0.25) is 0 Å². The number of benzene rings is 2. The molecule has 0 amide bonds. The first-order valence-electron chi connectivity index (χ1n) is 8.56. The van der Waals surface area contributed by atoms with Crippen molar-refractivity contribution in [2.75, 3.05) is 13.7 Å². The number of thiocarbonyl (C=S) groups is 1. The number of hydrogen-bond donors (Lipinski definition) is 1. The highest BCUT2D eigenvalue weighted by atomic mass is 32.2. The number of rotatable bonds is 7. The first-order valence-corrected chi connectivity index (χ1v) is 10.5. The lowest BCUT2D eigenvalue weighted by molar-refractivity contribution is 0.166. The Kier molecular flexibility index (Phi) is 5.19. The normalized spacial score (nSPS) is 25.0. The molecule has 0 radical (unpaired) electrons. The van der Waals surface area contributed by atoms with Crippen LogP contribution in [0.25, 0.3) is 0 Å². The van der Waals surface area contributed by atoms with Gasteiger partial charge in [-0.25, -0.2) is 8.42 Å². The molecule has 2 N–H and O–H groups in total. The largest absolute Gasteiger partial charge is 0.393 e. The standard InChI is InChI=1S/C20H23NO3S2/c1-3-14-9-11-15(12-10-14)17-18(20(17,13-24-2)19(21)25)26(22,23)16-7-5-4-6-8-16/h4-12,17-18H,3,13H2,1-2H3,(H2,21,25)/t17-,18+,20-/m1/s1. The molecule has 0 heterocycles. The summed E-state index contributed by atoms with van der Waals surface area (Å²) in [6, 6.07) is 16.5. The first kappa shape index (κ1) is 19.0. The van der Waals surface area contributed by atoms with Crippen LogP contribution in [0.4, 0.5) is 0 Å². The molecule has 0 saturated heterocycles. The molecule has 0 spiro atoms. The molecular formula is C20H23NO3S2. The Labute approximate surface area is 160 Å². The van der Waals surface area contributed by atoms with Gasteiger partial charge < -0.3 is 10.5 Å². The van der Waals surface area contributed by atoms with Gasteiger partial charge in [-0.05, 0) is 29.7 Å². The molecule has 4 nitrogen and oxygen atoms in total. The summed E-state index contributed by atoms with van der Waals surface area (Å²) in [6.07, 6.45) is 0.926. The van der Waals surface area contributed by atoms with Crippen molar-refractivity contribution < 1.29 is 13.2 Å². The van der Waals surface area contributed by atoms with E-state index in [4.69, 9.17) is 22.7 Å². The molecule has 0 bridgehead atoms. The van der Waals surface area contributed by atoms with E-state index in [2.05, 4.69) is 6.92 Å². The molecule has 1 fully saturated rings. The van der Waals surface area contributed by atoms with Crippen LogP contribution in [0.1, 0.15) is 24.0 Å². The van der Waals surface area contributed by atoms with Gasteiger partial charge in [0.2, 0.25) is 0 Å². The second-order valence-corrected chi connectivity index (χ2v) is 9.20. The molecule has 3 rings (SSSR count). The van der Waals surface area contributed by atoms with Crippen LogP contribution in [0.5, 0.6) is 0 Å². The zero-order chi connectivity index (χ0) is 18.9. The Bertz CT molecular complexity index is 894. The fraction of sp³-hybridized carbons (Fsp3) is 0.350. The SMILES string of the molecule is CCc1ccc([C@@H]2[C@H](S(=O)(=O)c3ccccc3)[C@]2(COC)C(N)=S)cc1. The highest BCUT2D eigenvalue weighted by Crippen LogP contribution is 2.64. The average molecular weight is 390 g/mol. The summed E-state index contributed by atoms with van der Waals surface area (Å²) in [7, 11) is -2.06. The van der Waals surface area contributed by atoms with E-state index in [1.807, 2.05) is 24.3 Å². The molecule has 2 aromatic carbocycles. The number of ether oxygens (including phenoxy) is 1. The van der Waals surface area contributed by atoms with E-state index < -0.39 is 20.5 Å². The minimum Gasteiger partial charge on any atom is -0.393 e. The number of methoxy groups -OCH3 is 1. The highest BCUT2D eigenvalue weighted by molar-refractivity contribution is 7.92. The zero-order valence-electron chi connectivity index (χ0n) is 14.9. The second kappa shape index (κ2) is 7.10. The van der Waals surface area contributed by atoms with E-state index in [1.165, 1.54) is 5.56 Å². The van der Waals surface area contributed by atoms with E-state index in [0.717, 1.165) is 12.0 Å². The predicted molar refractivity (Wildman–Crippen MR) is 107 cm³/mol. The van der Waals surface area contributed by atoms with Crippen LogP contribution >= 0.6 is 12.2 Å². The smallest absolute Gasteiger partial charge is 0.182 e. The Morgan fingerprint density at radius 2 is 1.77 bits per heavy atom. The molecule has 0 aromatic heterocycles. The van der Waals surface area contributed by atoms with Crippen molar-refractivity contribution in [2.24, 2.45) is 11.1 Å². The van der Waals surface area contributed by atoms with Gasteiger partial charge in [-0.1, -0.05) is 61.6 Å². The van der Waals surface area contributed by atoms with E-state index >= 15 is 0 Å². The Balaban J connectivity index is 2.09. The van der Waals surface area contributed by atoms with Gasteiger partial charge in [0.05, 0.1) is 27.2 Å².